The number of alkyl halides is 2. The van der Waals surface area contributed by atoms with E-state index in [2.05, 4.69) is 10.1 Å². The maximum Gasteiger partial charge on any atom is 0.387 e. The number of amides is 1. The Morgan fingerprint density at radius 1 is 1.43 bits per heavy atom. The van der Waals surface area contributed by atoms with Gasteiger partial charge in [-0.05, 0) is 31.9 Å². The summed E-state index contributed by atoms with van der Waals surface area (Å²) in [5.41, 5.74) is 5.75. The number of nitrogens with two attached hydrogens (primary N) is 1. The molecule has 1 aromatic rings. The summed E-state index contributed by atoms with van der Waals surface area (Å²) in [5, 5.41) is 2.55. The minimum absolute atomic E-state index is 0.0207. The Kier molecular flexibility index (Phi) is 6.87. The van der Waals surface area contributed by atoms with E-state index in [1.807, 2.05) is 6.92 Å². The van der Waals surface area contributed by atoms with Crippen molar-refractivity contribution in [1.82, 2.24) is 0 Å². The van der Waals surface area contributed by atoms with Crippen LogP contribution in [0.3, 0.4) is 0 Å². The highest BCUT2D eigenvalue weighted by Gasteiger charge is 2.13. The van der Waals surface area contributed by atoms with E-state index in [0.29, 0.717) is 18.6 Å². The molecule has 0 fully saturated rings. The van der Waals surface area contributed by atoms with Crippen LogP contribution in [0.2, 0.25) is 0 Å². The van der Waals surface area contributed by atoms with Crippen LogP contribution in [0.25, 0.3) is 0 Å². The molecule has 1 aromatic carbocycles. The van der Waals surface area contributed by atoms with Crippen LogP contribution in [0.5, 0.6) is 11.5 Å². The minimum Gasteiger partial charge on any atom is -0.497 e. The zero-order chi connectivity index (χ0) is 15.8. The third kappa shape index (κ3) is 6.40. The quantitative estimate of drug-likeness (QED) is 0.774. The first-order chi connectivity index (χ1) is 9.92. The van der Waals surface area contributed by atoms with Gasteiger partial charge >= 0.3 is 6.61 Å². The predicted molar refractivity (Wildman–Crippen MR) is 75.8 cm³/mol. The van der Waals surface area contributed by atoms with Gasteiger partial charge in [0.15, 0.2) is 0 Å². The molecule has 118 valence electrons. The van der Waals surface area contributed by atoms with E-state index in [4.69, 9.17) is 10.5 Å². The molecule has 1 rings (SSSR count). The minimum atomic E-state index is -2.97. The summed E-state index contributed by atoms with van der Waals surface area (Å²) >= 11 is 0. The average molecular weight is 302 g/mol. The normalized spacial score (nSPS) is 12.1. The van der Waals surface area contributed by atoms with Gasteiger partial charge in [-0.3, -0.25) is 4.79 Å². The molecule has 0 aliphatic rings. The van der Waals surface area contributed by atoms with E-state index >= 15 is 0 Å². The molecule has 1 atom stereocenters. The number of benzene rings is 1. The summed E-state index contributed by atoms with van der Waals surface area (Å²) in [5.74, 6) is 0.0388. The third-order valence-corrected chi connectivity index (χ3v) is 2.74. The second-order valence-electron chi connectivity index (χ2n) is 4.66. The maximum atomic E-state index is 12.3. The lowest BCUT2D eigenvalue weighted by atomic mass is 10.1. The van der Waals surface area contributed by atoms with Crippen molar-refractivity contribution in [3.63, 3.8) is 0 Å². The fourth-order valence-corrected chi connectivity index (χ4v) is 1.73. The lowest BCUT2D eigenvalue weighted by Crippen LogP contribution is -2.17. The van der Waals surface area contributed by atoms with Gasteiger partial charge < -0.3 is 20.5 Å². The molecule has 0 saturated carbocycles. The SMILES string of the molecule is COc1ccc(OC(F)F)c(NC(=O)CCCC(C)N)c1. The van der Waals surface area contributed by atoms with Gasteiger partial charge in [-0.2, -0.15) is 8.78 Å². The van der Waals surface area contributed by atoms with Crippen molar-refractivity contribution in [3.8, 4) is 11.5 Å². The number of carbonyl (C=O) groups excluding carboxylic acids is 1. The van der Waals surface area contributed by atoms with Crippen LogP contribution in [-0.4, -0.2) is 25.7 Å². The van der Waals surface area contributed by atoms with Crippen LogP contribution < -0.4 is 20.5 Å². The topological polar surface area (TPSA) is 73.6 Å². The fourth-order valence-electron chi connectivity index (χ4n) is 1.73. The van der Waals surface area contributed by atoms with Crippen molar-refractivity contribution in [1.29, 1.82) is 0 Å². The van der Waals surface area contributed by atoms with Crippen LogP contribution in [0, 0.1) is 0 Å². The predicted octanol–water partition coefficient (Wildman–Crippen LogP) is 2.75. The Bertz CT molecular complexity index is 468. The largest absolute Gasteiger partial charge is 0.497 e. The highest BCUT2D eigenvalue weighted by Crippen LogP contribution is 2.30. The van der Waals surface area contributed by atoms with Crippen LogP contribution in [-0.2, 0) is 4.79 Å². The van der Waals surface area contributed by atoms with Gasteiger partial charge in [0.05, 0.1) is 12.8 Å². The maximum absolute atomic E-state index is 12.3. The van der Waals surface area contributed by atoms with Crippen molar-refractivity contribution >= 4 is 11.6 Å². The first-order valence-corrected chi connectivity index (χ1v) is 6.60. The summed E-state index contributed by atoms with van der Waals surface area (Å²) in [7, 11) is 1.44. The molecule has 0 aliphatic heterocycles. The molecular weight excluding hydrogens is 282 g/mol. The zero-order valence-corrected chi connectivity index (χ0v) is 12.1. The molecule has 21 heavy (non-hydrogen) atoms. The van der Waals surface area contributed by atoms with Gasteiger partial charge in [0, 0.05) is 18.5 Å². The molecule has 0 aliphatic carbocycles. The number of hydrogen-bond donors (Lipinski definition) is 2. The molecule has 3 N–H and O–H groups in total. The van der Waals surface area contributed by atoms with Crippen molar-refractivity contribution in [3.05, 3.63) is 18.2 Å². The van der Waals surface area contributed by atoms with E-state index in [0.717, 1.165) is 0 Å². The van der Waals surface area contributed by atoms with Crippen molar-refractivity contribution in [2.75, 3.05) is 12.4 Å². The Morgan fingerprint density at radius 2 is 2.14 bits per heavy atom. The smallest absolute Gasteiger partial charge is 0.387 e. The van der Waals surface area contributed by atoms with Crippen molar-refractivity contribution in [2.24, 2.45) is 5.73 Å². The molecule has 0 saturated heterocycles. The van der Waals surface area contributed by atoms with Gasteiger partial charge in [-0.1, -0.05) is 0 Å². The van der Waals surface area contributed by atoms with Gasteiger partial charge in [-0.15, -0.1) is 0 Å². The first kappa shape index (κ1) is 17.2. The van der Waals surface area contributed by atoms with Crippen LogP contribution in [0.15, 0.2) is 18.2 Å². The summed E-state index contributed by atoms with van der Waals surface area (Å²) in [4.78, 5) is 11.8. The van der Waals surface area contributed by atoms with Gasteiger partial charge in [0.1, 0.15) is 11.5 Å². The lowest BCUT2D eigenvalue weighted by molar-refractivity contribution is -0.116. The number of ether oxygens (including phenoxy) is 2. The molecule has 1 amide bonds. The highest BCUT2D eigenvalue weighted by atomic mass is 19.3. The second kappa shape index (κ2) is 8.41. The number of rotatable bonds is 8. The summed E-state index contributed by atoms with van der Waals surface area (Å²) in [6, 6.07) is 4.25. The molecule has 7 heteroatoms. The van der Waals surface area contributed by atoms with E-state index in [9.17, 15) is 13.6 Å². The zero-order valence-electron chi connectivity index (χ0n) is 12.1. The number of carbonyl (C=O) groups is 1. The van der Waals surface area contributed by atoms with E-state index in [1.165, 1.54) is 25.3 Å². The van der Waals surface area contributed by atoms with E-state index < -0.39 is 6.61 Å². The van der Waals surface area contributed by atoms with Gasteiger partial charge in [0.2, 0.25) is 5.91 Å². The first-order valence-electron chi connectivity index (χ1n) is 6.60. The Hall–Kier alpha value is -1.89. The number of anilines is 1. The monoisotopic (exact) mass is 302 g/mol. The summed E-state index contributed by atoms with van der Waals surface area (Å²) < 4.78 is 34.0. The highest BCUT2D eigenvalue weighted by molar-refractivity contribution is 5.92. The Labute approximate surface area is 122 Å². The standard InChI is InChI=1S/C14H20F2N2O3/c1-9(17)4-3-5-13(19)18-11-8-10(20-2)6-7-12(11)21-14(15)16/h6-9,14H,3-5,17H2,1-2H3,(H,18,19). The van der Waals surface area contributed by atoms with Crippen molar-refractivity contribution < 1.29 is 23.0 Å². The molecule has 0 heterocycles. The number of methoxy groups -OCH3 is 1. The molecule has 0 spiro atoms. The molecule has 0 aromatic heterocycles. The molecule has 1 unspecified atom stereocenters. The summed E-state index contributed by atoms with van der Waals surface area (Å²) in [6.45, 7) is -1.11. The fraction of sp³-hybridized carbons (Fsp3) is 0.500. The number of halogens is 2. The van der Waals surface area contributed by atoms with Crippen LogP contribution in [0.1, 0.15) is 26.2 Å². The van der Waals surface area contributed by atoms with Crippen LogP contribution >= 0.6 is 0 Å². The van der Waals surface area contributed by atoms with Gasteiger partial charge in [0.25, 0.3) is 0 Å². The average Bonchev–Trinajstić information content (AvgIpc) is 2.39. The molecule has 0 radical (unpaired) electrons. The molecule has 0 bridgehead atoms. The lowest BCUT2D eigenvalue weighted by Gasteiger charge is -2.13. The Morgan fingerprint density at radius 3 is 2.71 bits per heavy atom. The van der Waals surface area contributed by atoms with E-state index in [-0.39, 0.29) is 29.8 Å². The third-order valence-electron chi connectivity index (χ3n) is 2.74. The summed E-state index contributed by atoms with van der Waals surface area (Å²) in [6.07, 6.45) is 1.59. The molecule has 5 nitrogen and oxygen atoms in total. The number of nitrogens with one attached hydrogen (secondary N) is 1. The second-order valence-corrected chi connectivity index (χ2v) is 4.66. The van der Waals surface area contributed by atoms with Gasteiger partial charge in [-0.25, -0.2) is 0 Å². The number of hydrogen-bond acceptors (Lipinski definition) is 4. The Balaban J connectivity index is 2.72. The van der Waals surface area contributed by atoms with Crippen LogP contribution in [0.4, 0.5) is 14.5 Å². The van der Waals surface area contributed by atoms with Crippen molar-refractivity contribution in [2.45, 2.75) is 38.8 Å². The molecular formula is C14H20F2N2O3. The van der Waals surface area contributed by atoms with E-state index in [1.54, 1.807) is 0 Å².